The molecule has 0 amide bonds. The van der Waals surface area contributed by atoms with Gasteiger partial charge in [0.2, 0.25) is 0 Å². The van der Waals surface area contributed by atoms with Crippen LogP contribution in [-0.2, 0) is 20.9 Å². The molecule has 174 valence electrons. The molecule has 2 saturated heterocycles. The van der Waals surface area contributed by atoms with Crippen molar-refractivity contribution >= 4 is 5.97 Å². The van der Waals surface area contributed by atoms with Gasteiger partial charge in [-0.15, -0.1) is 0 Å². The van der Waals surface area contributed by atoms with E-state index in [0.717, 1.165) is 25.9 Å². The number of ether oxygens (including phenoxy) is 1. The molecule has 1 aromatic carbocycles. The average molecular weight is 431 g/mol. The Labute approximate surface area is 189 Å². The van der Waals surface area contributed by atoms with Crippen LogP contribution in [0.2, 0.25) is 0 Å². The fraction of sp³-hybridized carbons (Fsp3) is 0.731. The van der Waals surface area contributed by atoms with Gasteiger partial charge in [0.1, 0.15) is 5.60 Å². The lowest BCUT2D eigenvalue weighted by Gasteiger charge is -2.51. The molecule has 0 spiro atoms. The van der Waals surface area contributed by atoms with E-state index in [0.29, 0.717) is 13.2 Å². The van der Waals surface area contributed by atoms with Crippen LogP contribution in [-0.4, -0.2) is 52.3 Å². The molecule has 0 saturated carbocycles. The van der Waals surface area contributed by atoms with E-state index in [1.54, 1.807) is 0 Å². The first kappa shape index (κ1) is 24.2. The second kappa shape index (κ2) is 9.21. The largest absolute Gasteiger partial charge is 0.460 e. The van der Waals surface area contributed by atoms with E-state index in [9.17, 15) is 4.79 Å². The van der Waals surface area contributed by atoms with Crippen molar-refractivity contribution in [3.05, 3.63) is 35.9 Å². The normalized spacial score (nSPS) is 26.7. The predicted octanol–water partition coefficient (Wildman–Crippen LogP) is 5.05. The zero-order chi connectivity index (χ0) is 22.9. The van der Waals surface area contributed by atoms with Crippen molar-refractivity contribution in [3.63, 3.8) is 0 Å². The van der Waals surface area contributed by atoms with E-state index in [1.165, 1.54) is 12.0 Å². The number of carbonyl (C=O) groups is 1. The van der Waals surface area contributed by atoms with Crippen molar-refractivity contribution in [2.75, 3.05) is 19.7 Å². The highest BCUT2D eigenvalue weighted by Crippen LogP contribution is 2.39. The van der Waals surface area contributed by atoms with Crippen LogP contribution in [0.1, 0.15) is 73.3 Å². The molecule has 2 fully saturated rings. The third-order valence-corrected chi connectivity index (χ3v) is 6.57. The third-order valence-electron chi connectivity index (χ3n) is 6.57. The summed E-state index contributed by atoms with van der Waals surface area (Å²) in [5.74, 6) is -0.153. The molecule has 0 radical (unpaired) electrons. The van der Waals surface area contributed by atoms with Gasteiger partial charge in [0.25, 0.3) is 0 Å². The minimum atomic E-state index is -0.480. The third kappa shape index (κ3) is 6.30. The van der Waals surface area contributed by atoms with E-state index >= 15 is 0 Å². The molecule has 3 rings (SSSR count). The number of carbonyl (C=O) groups excluding carboxylic acids is 1. The minimum Gasteiger partial charge on any atom is -0.460 e. The minimum absolute atomic E-state index is 0.00844. The predicted molar refractivity (Wildman–Crippen MR) is 124 cm³/mol. The number of benzene rings is 1. The smallest absolute Gasteiger partial charge is 0.311 e. The van der Waals surface area contributed by atoms with E-state index < -0.39 is 5.60 Å². The zero-order valence-electron chi connectivity index (χ0n) is 20.6. The van der Waals surface area contributed by atoms with E-state index in [4.69, 9.17) is 9.57 Å². The lowest BCUT2D eigenvalue weighted by molar-refractivity contribution is -0.286. The van der Waals surface area contributed by atoms with Gasteiger partial charge in [-0.25, -0.2) is 0 Å². The summed E-state index contributed by atoms with van der Waals surface area (Å²) in [4.78, 5) is 21.9. The van der Waals surface area contributed by atoms with Crippen molar-refractivity contribution in [2.24, 2.45) is 11.8 Å². The van der Waals surface area contributed by atoms with Crippen LogP contribution in [0.25, 0.3) is 0 Å². The van der Waals surface area contributed by atoms with Gasteiger partial charge in [-0.1, -0.05) is 30.3 Å². The zero-order valence-corrected chi connectivity index (χ0v) is 20.6. The summed E-state index contributed by atoms with van der Waals surface area (Å²) >= 11 is 0. The summed E-state index contributed by atoms with van der Waals surface area (Å²) < 4.78 is 5.79. The first-order valence-electron chi connectivity index (χ1n) is 11.8. The first-order chi connectivity index (χ1) is 14.4. The van der Waals surface area contributed by atoms with Crippen LogP contribution < -0.4 is 0 Å². The fourth-order valence-corrected chi connectivity index (χ4v) is 5.24. The van der Waals surface area contributed by atoms with Crippen LogP contribution in [0.15, 0.2) is 30.3 Å². The molecule has 0 bridgehead atoms. The molecule has 2 heterocycles. The van der Waals surface area contributed by atoms with Crippen molar-refractivity contribution in [1.29, 1.82) is 0 Å². The van der Waals surface area contributed by atoms with Crippen molar-refractivity contribution < 1.29 is 14.4 Å². The second-order valence-corrected chi connectivity index (χ2v) is 11.6. The Morgan fingerprint density at radius 3 is 2.23 bits per heavy atom. The summed E-state index contributed by atoms with van der Waals surface area (Å²) in [6.45, 7) is 17.8. The maximum Gasteiger partial charge on any atom is 0.311 e. The summed E-state index contributed by atoms with van der Waals surface area (Å²) in [6.07, 6.45) is 3.46. The summed E-state index contributed by atoms with van der Waals surface area (Å²) in [5.41, 5.74) is 0.772. The Bertz CT molecular complexity index is 723. The molecular formula is C26H42N2O3. The van der Waals surface area contributed by atoms with Gasteiger partial charge < -0.3 is 4.74 Å². The molecule has 1 aromatic rings. The maximum atomic E-state index is 13.1. The second-order valence-electron chi connectivity index (χ2n) is 11.6. The average Bonchev–Trinajstić information content (AvgIpc) is 3.02. The summed E-state index contributed by atoms with van der Waals surface area (Å²) in [6, 6.07) is 10.5. The van der Waals surface area contributed by atoms with Crippen molar-refractivity contribution in [1.82, 2.24) is 9.96 Å². The highest BCUT2D eigenvalue weighted by atomic mass is 16.7. The Balaban J connectivity index is 1.71. The number of piperidine rings is 1. The van der Waals surface area contributed by atoms with Gasteiger partial charge in [-0.3, -0.25) is 14.5 Å². The molecule has 2 atom stereocenters. The lowest BCUT2D eigenvalue weighted by Crippen LogP contribution is -2.58. The number of hydrogen-bond donors (Lipinski definition) is 0. The highest BCUT2D eigenvalue weighted by molar-refractivity contribution is 5.74. The topological polar surface area (TPSA) is 42.0 Å². The molecule has 0 aromatic heterocycles. The van der Waals surface area contributed by atoms with Crippen molar-refractivity contribution in [2.45, 2.75) is 91.0 Å². The molecular weight excluding hydrogens is 388 g/mol. The van der Waals surface area contributed by atoms with Crippen LogP contribution in [0.3, 0.4) is 0 Å². The number of nitrogens with zero attached hydrogens (tertiary/aromatic N) is 2. The monoisotopic (exact) mass is 430 g/mol. The van der Waals surface area contributed by atoms with Gasteiger partial charge in [-0.2, -0.15) is 5.06 Å². The number of hydroxylamine groups is 2. The van der Waals surface area contributed by atoms with Gasteiger partial charge in [-0.05, 0) is 73.3 Å². The fourth-order valence-electron chi connectivity index (χ4n) is 5.24. The summed E-state index contributed by atoms with van der Waals surface area (Å²) in [7, 11) is 0. The number of hydrogen-bond acceptors (Lipinski definition) is 5. The van der Waals surface area contributed by atoms with Crippen LogP contribution in [0, 0.1) is 11.8 Å². The maximum absolute atomic E-state index is 13.1. The Morgan fingerprint density at radius 2 is 1.65 bits per heavy atom. The molecule has 5 heteroatoms. The summed E-state index contributed by atoms with van der Waals surface area (Å²) in [5, 5.41) is 2.20. The molecule has 0 N–H and O–H groups in total. The Kier molecular flexibility index (Phi) is 7.19. The quantitative estimate of drug-likeness (QED) is 0.591. The Hall–Kier alpha value is -1.43. The van der Waals surface area contributed by atoms with E-state index in [-0.39, 0.29) is 28.9 Å². The van der Waals surface area contributed by atoms with Crippen molar-refractivity contribution in [3.8, 4) is 0 Å². The molecule has 2 aliphatic heterocycles. The van der Waals surface area contributed by atoms with Crippen LogP contribution >= 0.6 is 0 Å². The SMILES string of the molecule is CC(C)(C)OC(=O)[C@H]1CN(Cc2ccccc2)C[C@H]1CON1C(C)(C)CCCC1(C)C. The number of esters is 1. The molecule has 0 aliphatic carbocycles. The standard InChI is InChI=1S/C26H42N2O3/c1-24(2,3)31-23(29)22-18-27(16-20-12-9-8-10-13-20)17-21(22)19-30-28-25(4,5)14-11-15-26(28,6)7/h8-10,12-13,21-22H,11,14-19H2,1-7H3/t21-,22-/m0/s1. The molecule has 31 heavy (non-hydrogen) atoms. The van der Waals surface area contributed by atoms with Crippen LogP contribution in [0.4, 0.5) is 0 Å². The highest BCUT2D eigenvalue weighted by Gasteiger charge is 2.45. The first-order valence-corrected chi connectivity index (χ1v) is 11.8. The van der Waals surface area contributed by atoms with Gasteiger partial charge in [0.15, 0.2) is 0 Å². The van der Waals surface area contributed by atoms with E-state index in [2.05, 4.69) is 61.9 Å². The lowest BCUT2D eigenvalue weighted by atomic mass is 9.82. The van der Waals surface area contributed by atoms with Crippen LogP contribution in [0.5, 0.6) is 0 Å². The van der Waals surface area contributed by atoms with Gasteiger partial charge in [0.05, 0.1) is 12.5 Å². The molecule has 2 aliphatic rings. The van der Waals surface area contributed by atoms with E-state index in [1.807, 2.05) is 26.8 Å². The Morgan fingerprint density at radius 1 is 1.03 bits per heavy atom. The number of likely N-dealkylation sites (tertiary alicyclic amines) is 1. The van der Waals surface area contributed by atoms with Gasteiger partial charge >= 0.3 is 5.97 Å². The molecule has 0 unspecified atom stereocenters. The molecule has 5 nitrogen and oxygen atoms in total. The van der Waals surface area contributed by atoms with Gasteiger partial charge in [0, 0.05) is 36.6 Å². The number of rotatable bonds is 6.